The van der Waals surface area contributed by atoms with Crippen molar-refractivity contribution in [1.29, 1.82) is 5.26 Å². The highest BCUT2D eigenvalue weighted by molar-refractivity contribution is 6.18. The number of nitrogens with zero attached hydrogens (tertiary/aromatic N) is 2. The van der Waals surface area contributed by atoms with Crippen molar-refractivity contribution < 1.29 is 19.1 Å². The van der Waals surface area contributed by atoms with Gasteiger partial charge >= 0.3 is 5.97 Å². The summed E-state index contributed by atoms with van der Waals surface area (Å²) in [7, 11) is 1.34. The first-order chi connectivity index (χ1) is 21.0. The van der Waals surface area contributed by atoms with Crippen molar-refractivity contribution in [2.75, 3.05) is 13.7 Å². The van der Waals surface area contributed by atoms with Crippen LogP contribution < -0.4 is 16.0 Å². The number of rotatable bonds is 21. The van der Waals surface area contributed by atoms with Crippen molar-refractivity contribution in [3.63, 3.8) is 0 Å². The van der Waals surface area contributed by atoms with Crippen molar-refractivity contribution in [2.24, 2.45) is 5.84 Å². The number of nitrogens with one attached hydrogen (secondary N) is 1. The second-order valence-electron chi connectivity index (χ2n) is 11.4. The summed E-state index contributed by atoms with van der Waals surface area (Å²) < 4.78 is 13.1. The quantitative estimate of drug-likeness (QED) is 0.0428. The predicted molar refractivity (Wildman–Crippen MR) is 173 cm³/mol. The highest BCUT2D eigenvalue weighted by Crippen LogP contribution is 2.37. The molecule has 0 spiro atoms. The van der Waals surface area contributed by atoms with Crippen LogP contribution in [0.1, 0.15) is 119 Å². The van der Waals surface area contributed by atoms with Gasteiger partial charge in [0.05, 0.1) is 18.7 Å². The van der Waals surface area contributed by atoms with Gasteiger partial charge in [0.1, 0.15) is 5.75 Å². The van der Waals surface area contributed by atoms with Gasteiger partial charge in [-0.25, -0.2) is 10.6 Å². The highest BCUT2D eigenvalue weighted by Gasteiger charge is 2.20. The number of ether oxygens (including phenoxy) is 2. The lowest BCUT2D eigenvalue weighted by Crippen LogP contribution is -2.30. The number of hydrogen-bond donors (Lipinski definition) is 2. The Morgan fingerprint density at radius 1 is 0.907 bits per heavy atom. The second-order valence-corrected chi connectivity index (χ2v) is 11.4. The van der Waals surface area contributed by atoms with Crippen LogP contribution in [0.15, 0.2) is 30.3 Å². The fourth-order valence-electron chi connectivity index (χ4n) is 5.88. The maximum Gasteiger partial charge on any atom is 0.343 e. The van der Waals surface area contributed by atoms with E-state index in [9.17, 15) is 9.59 Å². The molecule has 1 aromatic heterocycles. The molecule has 0 atom stereocenters. The Balaban J connectivity index is 1.85. The van der Waals surface area contributed by atoms with Crippen LogP contribution in [0.25, 0.3) is 21.8 Å². The lowest BCUT2D eigenvalue weighted by atomic mass is 10.0. The number of amides is 1. The summed E-state index contributed by atoms with van der Waals surface area (Å²) in [6, 6.07) is 12.0. The SMILES string of the molecule is CCCCCCCCCCCCCn1c2cc(CCCCCC#N)c(OCC(=O)OC)cc2c2c(C(=O)NN)cccc21. The molecule has 1 heterocycles. The monoisotopic (exact) mass is 590 g/mol. The number of nitriles is 1. The van der Waals surface area contributed by atoms with E-state index in [0.717, 1.165) is 72.4 Å². The molecule has 1 amide bonds. The summed E-state index contributed by atoms with van der Waals surface area (Å²) in [5, 5.41) is 10.6. The molecule has 0 aliphatic heterocycles. The molecule has 0 radical (unpaired) electrons. The summed E-state index contributed by atoms with van der Waals surface area (Å²) in [6.45, 7) is 2.90. The van der Waals surface area contributed by atoms with E-state index in [1.807, 2.05) is 12.1 Å². The first kappa shape index (κ1) is 33.9. The molecular weight excluding hydrogens is 540 g/mol. The number of carbonyl (C=O) groups is 2. The van der Waals surface area contributed by atoms with Crippen LogP contribution in [0.4, 0.5) is 0 Å². The molecule has 3 rings (SSSR count). The van der Waals surface area contributed by atoms with Crippen LogP contribution in [0.5, 0.6) is 5.75 Å². The van der Waals surface area contributed by atoms with Gasteiger partial charge in [-0.15, -0.1) is 0 Å². The minimum Gasteiger partial charge on any atom is -0.482 e. The molecule has 8 nitrogen and oxygen atoms in total. The number of aromatic nitrogens is 1. The minimum absolute atomic E-state index is 0.197. The summed E-state index contributed by atoms with van der Waals surface area (Å²) in [6.07, 6.45) is 18.1. The van der Waals surface area contributed by atoms with Gasteiger partial charge < -0.3 is 14.0 Å². The maximum atomic E-state index is 12.8. The van der Waals surface area contributed by atoms with E-state index in [1.165, 1.54) is 64.9 Å². The number of methoxy groups -OCH3 is 1. The Morgan fingerprint density at radius 3 is 2.23 bits per heavy atom. The molecule has 0 bridgehead atoms. The van der Waals surface area contributed by atoms with E-state index in [4.69, 9.17) is 20.6 Å². The molecule has 0 saturated carbocycles. The second kappa shape index (κ2) is 18.9. The third-order valence-corrected chi connectivity index (χ3v) is 8.24. The zero-order valence-corrected chi connectivity index (χ0v) is 26.2. The Labute approximate surface area is 256 Å². The van der Waals surface area contributed by atoms with E-state index in [2.05, 4.69) is 35.1 Å². The number of hydrogen-bond acceptors (Lipinski definition) is 6. The topological polar surface area (TPSA) is 119 Å². The average molecular weight is 591 g/mol. The highest BCUT2D eigenvalue weighted by atomic mass is 16.6. The van der Waals surface area contributed by atoms with Crippen molar-refractivity contribution >= 4 is 33.7 Å². The molecule has 2 aromatic carbocycles. The van der Waals surface area contributed by atoms with Gasteiger partial charge in [-0.3, -0.25) is 10.2 Å². The van der Waals surface area contributed by atoms with Gasteiger partial charge in [0.2, 0.25) is 0 Å². The lowest BCUT2D eigenvalue weighted by molar-refractivity contribution is -0.142. The summed E-state index contributed by atoms with van der Waals surface area (Å²) >= 11 is 0. The zero-order chi connectivity index (χ0) is 30.9. The number of carbonyl (C=O) groups excluding carboxylic acids is 2. The van der Waals surface area contributed by atoms with E-state index < -0.39 is 5.97 Å². The molecule has 0 unspecified atom stereocenters. The van der Waals surface area contributed by atoms with Crippen LogP contribution in [0, 0.1) is 11.3 Å². The Hall–Kier alpha value is -3.57. The number of aryl methyl sites for hydroxylation is 2. The fourth-order valence-corrected chi connectivity index (χ4v) is 5.88. The third-order valence-electron chi connectivity index (χ3n) is 8.24. The molecule has 0 saturated heterocycles. The molecule has 234 valence electrons. The van der Waals surface area contributed by atoms with Crippen molar-refractivity contribution in [1.82, 2.24) is 9.99 Å². The molecule has 3 N–H and O–H groups in total. The Morgan fingerprint density at radius 2 is 1.58 bits per heavy atom. The maximum absolute atomic E-state index is 12.8. The van der Waals surface area contributed by atoms with E-state index in [1.54, 1.807) is 6.07 Å². The summed E-state index contributed by atoms with van der Waals surface area (Å²) in [5.41, 5.74) is 5.82. The number of benzene rings is 2. The molecule has 43 heavy (non-hydrogen) atoms. The largest absolute Gasteiger partial charge is 0.482 e. The van der Waals surface area contributed by atoms with Crippen molar-refractivity contribution in [2.45, 2.75) is 116 Å². The smallest absolute Gasteiger partial charge is 0.343 e. The molecule has 0 aliphatic carbocycles. The summed E-state index contributed by atoms with van der Waals surface area (Å²) in [4.78, 5) is 24.7. The van der Waals surface area contributed by atoms with Crippen molar-refractivity contribution in [3.8, 4) is 11.8 Å². The number of esters is 1. The number of unbranched alkanes of at least 4 members (excludes halogenated alkanes) is 13. The van der Waals surface area contributed by atoms with Gasteiger partial charge in [0.25, 0.3) is 5.91 Å². The Bertz CT molecular complexity index is 1360. The van der Waals surface area contributed by atoms with E-state index in [0.29, 0.717) is 17.7 Å². The first-order valence-corrected chi connectivity index (χ1v) is 16.2. The molecule has 3 aromatic rings. The average Bonchev–Trinajstić information content (AvgIpc) is 3.33. The van der Waals surface area contributed by atoms with Crippen LogP contribution in [-0.2, 0) is 22.5 Å². The van der Waals surface area contributed by atoms with Gasteiger partial charge in [-0.05, 0) is 55.5 Å². The number of hydrazine groups is 1. The molecular formula is C35H50N4O4. The number of nitrogens with two attached hydrogens (primary N) is 1. The van der Waals surface area contributed by atoms with Gasteiger partial charge in [-0.2, -0.15) is 5.26 Å². The summed E-state index contributed by atoms with van der Waals surface area (Å²) in [5.74, 6) is 5.36. The normalized spacial score (nSPS) is 11.1. The fraction of sp³-hybridized carbons (Fsp3) is 0.571. The number of fused-ring (bicyclic) bond motifs is 3. The molecule has 0 fully saturated rings. The predicted octanol–water partition coefficient (Wildman–Crippen LogP) is 7.89. The van der Waals surface area contributed by atoms with Gasteiger partial charge in [-0.1, -0.05) is 83.6 Å². The van der Waals surface area contributed by atoms with Gasteiger partial charge in [0.15, 0.2) is 6.61 Å². The molecule has 8 heteroatoms. The molecule has 0 aliphatic rings. The van der Waals surface area contributed by atoms with Crippen LogP contribution in [0.3, 0.4) is 0 Å². The lowest BCUT2D eigenvalue weighted by Gasteiger charge is -2.13. The standard InChI is InChI=1S/C35H50N4O4/c1-3-4-5-6-7-8-9-10-11-14-17-23-39-30-21-18-20-28(35(41)38-37)34(30)29-25-32(43-26-33(40)42-2)27(24-31(29)39)19-15-12-13-16-22-36/h18,20-21,24-25H,3-17,19,23,26,37H2,1-2H3,(H,38,41). The first-order valence-electron chi connectivity index (χ1n) is 16.2. The van der Waals surface area contributed by atoms with E-state index >= 15 is 0 Å². The van der Waals surface area contributed by atoms with Gasteiger partial charge in [0, 0.05) is 34.8 Å². The van der Waals surface area contributed by atoms with Crippen LogP contribution in [0.2, 0.25) is 0 Å². The van der Waals surface area contributed by atoms with Crippen LogP contribution in [-0.4, -0.2) is 30.2 Å². The number of nitrogen functional groups attached to an aromatic ring is 1. The zero-order valence-electron chi connectivity index (χ0n) is 26.2. The minimum atomic E-state index is -0.456. The van der Waals surface area contributed by atoms with E-state index in [-0.39, 0.29) is 12.5 Å². The van der Waals surface area contributed by atoms with Crippen molar-refractivity contribution in [3.05, 3.63) is 41.5 Å². The third kappa shape index (κ3) is 10.00. The van der Waals surface area contributed by atoms with Crippen LogP contribution >= 0.6 is 0 Å². The Kier molecular flexibility index (Phi) is 14.9.